The Morgan fingerprint density at radius 3 is 2.72 bits per heavy atom. The molecule has 29 heavy (non-hydrogen) atoms. The van der Waals surface area contributed by atoms with E-state index >= 15 is 0 Å². The van der Waals surface area contributed by atoms with Gasteiger partial charge < -0.3 is 5.32 Å². The predicted molar refractivity (Wildman–Crippen MR) is 119 cm³/mol. The van der Waals surface area contributed by atoms with Crippen LogP contribution in [0.2, 0.25) is 0 Å². The van der Waals surface area contributed by atoms with Crippen molar-refractivity contribution < 1.29 is 4.39 Å². The third kappa shape index (κ3) is 4.76. The third-order valence-corrected chi connectivity index (χ3v) is 4.93. The Labute approximate surface area is 179 Å². The minimum Gasteiger partial charge on any atom is -0.365 e. The molecule has 3 heterocycles. The van der Waals surface area contributed by atoms with Crippen molar-refractivity contribution in [2.75, 3.05) is 5.32 Å². The zero-order valence-corrected chi connectivity index (χ0v) is 17.9. The highest BCUT2D eigenvalue weighted by Crippen LogP contribution is 2.34. The van der Waals surface area contributed by atoms with Gasteiger partial charge >= 0.3 is 0 Å². The Bertz CT molecular complexity index is 1210. The fourth-order valence-electron chi connectivity index (χ4n) is 2.79. The highest BCUT2D eigenvalue weighted by molar-refractivity contribution is 7.16. The van der Waals surface area contributed by atoms with Crippen molar-refractivity contribution in [2.45, 2.75) is 26.3 Å². The molecular weight excluding hydrogens is 407 g/mol. The number of fused-ring (bicyclic) bond motifs is 1. The van der Waals surface area contributed by atoms with E-state index < -0.39 is 0 Å². The number of thiophene rings is 1. The van der Waals surface area contributed by atoms with Crippen LogP contribution in [0.4, 0.5) is 10.2 Å². The lowest BCUT2D eigenvalue weighted by Crippen LogP contribution is -2.27. The first-order chi connectivity index (χ1) is 13.4. The van der Waals surface area contributed by atoms with Gasteiger partial charge in [0.15, 0.2) is 5.65 Å². The van der Waals surface area contributed by atoms with Crippen molar-refractivity contribution in [1.29, 1.82) is 0 Å². The van der Waals surface area contributed by atoms with Gasteiger partial charge in [-0.25, -0.2) is 9.37 Å². The number of nitrogens with zero attached hydrogens (tertiary/aromatic N) is 3. The second-order valence-corrected chi connectivity index (χ2v) is 8.50. The summed E-state index contributed by atoms with van der Waals surface area (Å²) in [7, 11) is 0. The SMILES string of the molecule is CC(C)(C)Nc1c(-c2ccc(C#Cc3cccc(F)c3)s2)nc2cnccn12.Cl. The van der Waals surface area contributed by atoms with Crippen LogP contribution in [0.15, 0.2) is 55.0 Å². The molecule has 0 atom stereocenters. The number of hydrogen-bond donors (Lipinski definition) is 1. The smallest absolute Gasteiger partial charge is 0.157 e. The summed E-state index contributed by atoms with van der Waals surface area (Å²) in [5.41, 5.74) is 2.19. The van der Waals surface area contributed by atoms with Gasteiger partial charge in [0.2, 0.25) is 0 Å². The standard InChI is InChI=1S/C22H19FN4S.ClH/c1-22(2,3)26-21-20(25-19-14-24-11-12-27(19)21)18-10-9-17(28-18)8-7-15-5-4-6-16(23)13-15;/h4-6,9-14,26H,1-3H3;1H. The molecule has 1 N–H and O–H groups in total. The summed E-state index contributed by atoms with van der Waals surface area (Å²) in [6.07, 6.45) is 5.39. The second kappa shape index (κ2) is 8.24. The van der Waals surface area contributed by atoms with Gasteiger partial charge in [-0.15, -0.1) is 23.7 Å². The summed E-state index contributed by atoms with van der Waals surface area (Å²) in [6, 6.07) is 10.3. The van der Waals surface area contributed by atoms with Crippen molar-refractivity contribution >= 4 is 35.2 Å². The van der Waals surface area contributed by atoms with Crippen LogP contribution in [0.1, 0.15) is 31.2 Å². The number of rotatable bonds is 2. The van der Waals surface area contributed by atoms with Crippen LogP contribution >= 0.6 is 23.7 Å². The van der Waals surface area contributed by atoms with Crippen molar-refractivity contribution in [3.8, 4) is 22.4 Å². The van der Waals surface area contributed by atoms with Gasteiger partial charge in [-0.3, -0.25) is 9.38 Å². The zero-order chi connectivity index (χ0) is 19.7. The van der Waals surface area contributed by atoms with Gasteiger partial charge in [-0.1, -0.05) is 17.9 Å². The molecule has 3 aromatic heterocycles. The fourth-order valence-corrected chi connectivity index (χ4v) is 3.64. The molecule has 0 aliphatic rings. The van der Waals surface area contributed by atoms with Crippen molar-refractivity contribution in [2.24, 2.45) is 0 Å². The molecule has 7 heteroatoms. The van der Waals surface area contributed by atoms with Crippen LogP contribution in [0.25, 0.3) is 16.2 Å². The highest BCUT2D eigenvalue weighted by Gasteiger charge is 2.20. The second-order valence-electron chi connectivity index (χ2n) is 7.41. The molecule has 0 unspecified atom stereocenters. The lowest BCUT2D eigenvalue weighted by Gasteiger charge is -2.22. The third-order valence-electron chi connectivity index (χ3n) is 3.92. The average molecular weight is 427 g/mol. The monoisotopic (exact) mass is 426 g/mol. The van der Waals surface area contributed by atoms with Crippen molar-refractivity contribution in [3.63, 3.8) is 0 Å². The lowest BCUT2D eigenvalue weighted by molar-refractivity contribution is 0.627. The molecule has 0 amide bonds. The maximum atomic E-state index is 13.3. The number of hydrogen-bond acceptors (Lipinski definition) is 4. The molecule has 148 valence electrons. The summed E-state index contributed by atoms with van der Waals surface area (Å²) < 4.78 is 15.3. The normalized spacial score (nSPS) is 10.9. The largest absolute Gasteiger partial charge is 0.365 e. The number of anilines is 1. The Hall–Kier alpha value is -2.88. The maximum Gasteiger partial charge on any atom is 0.157 e. The molecule has 0 aliphatic carbocycles. The van der Waals surface area contributed by atoms with Crippen LogP contribution in [-0.4, -0.2) is 19.9 Å². The molecule has 1 aromatic carbocycles. The van der Waals surface area contributed by atoms with E-state index in [9.17, 15) is 4.39 Å². The quantitative estimate of drug-likeness (QED) is 0.422. The molecule has 0 aliphatic heterocycles. The Balaban J connectivity index is 0.00000240. The van der Waals surface area contributed by atoms with E-state index in [-0.39, 0.29) is 23.8 Å². The molecule has 0 saturated heterocycles. The summed E-state index contributed by atoms with van der Waals surface area (Å²) in [5.74, 6) is 6.77. The van der Waals surface area contributed by atoms with Gasteiger partial charge in [0.05, 0.1) is 16.0 Å². The summed E-state index contributed by atoms with van der Waals surface area (Å²) in [4.78, 5) is 10.8. The van der Waals surface area contributed by atoms with Crippen LogP contribution in [0.5, 0.6) is 0 Å². The number of imidazole rings is 1. The van der Waals surface area contributed by atoms with Crippen LogP contribution in [-0.2, 0) is 0 Å². The first-order valence-corrected chi connectivity index (χ1v) is 9.69. The van der Waals surface area contributed by atoms with Crippen LogP contribution < -0.4 is 5.32 Å². The van der Waals surface area contributed by atoms with E-state index in [0.717, 1.165) is 26.9 Å². The number of nitrogens with one attached hydrogen (secondary N) is 1. The number of benzene rings is 1. The molecule has 4 aromatic rings. The highest BCUT2D eigenvalue weighted by atomic mass is 35.5. The molecule has 4 rings (SSSR count). The summed E-state index contributed by atoms with van der Waals surface area (Å²) >= 11 is 1.56. The fraction of sp³-hybridized carbons (Fsp3) is 0.182. The molecule has 0 bridgehead atoms. The summed E-state index contributed by atoms with van der Waals surface area (Å²) in [6.45, 7) is 6.34. The lowest BCUT2D eigenvalue weighted by atomic mass is 10.1. The molecule has 0 saturated carbocycles. The Morgan fingerprint density at radius 2 is 1.97 bits per heavy atom. The molecular formula is C22H20ClFN4S. The van der Waals surface area contributed by atoms with E-state index in [2.05, 4.69) is 42.9 Å². The molecule has 0 radical (unpaired) electrons. The summed E-state index contributed by atoms with van der Waals surface area (Å²) in [5, 5.41) is 3.55. The van der Waals surface area contributed by atoms with Crippen LogP contribution in [0, 0.1) is 17.7 Å². The van der Waals surface area contributed by atoms with E-state index in [4.69, 9.17) is 4.98 Å². The van der Waals surface area contributed by atoms with Crippen LogP contribution in [0.3, 0.4) is 0 Å². The Kier molecular flexibility index (Phi) is 5.92. The minimum atomic E-state index is -0.283. The van der Waals surface area contributed by atoms with Crippen molar-refractivity contribution in [1.82, 2.24) is 14.4 Å². The zero-order valence-electron chi connectivity index (χ0n) is 16.2. The molecule has 4 nitrogen and oxygen atoms in total. The molecule has 0 fully saturated rings. The van der Waals surface area contributed by atoms with E-state index in [0.29, 0.717) is 5.56 Å². The van der Waals surface area contributed by atoms with Crippen molar-refractivity contribution in [3.05, 3.63) is 71.2 Å². The number of halogens is 2. The Morgan fingerprint density at radius 1 is 1.14 bits per heavy atom. The predicted octanol–water partition coefficient (Wildman–Crippen LogP) is 5.63. The van der Waals surface area contributed by atoms with Gasteiger partial charge in [0.1, 0.15) is 17.3 Å². The van der Waals surface area contributed by atoms with Gasteiger partial charge in [-0.05, 0) is 51.1 Å². The first-order valence-electron chi connectivity index (χ1n) is 8.87. The maximum absolute atomic E-state index is 13.3. The topological polar surface area (TPSA) is 42.2 Å². The molecule has 0 spiro atoms. The van der Waals surface area contributed by atoms with Gasteiger partial charge in [0, 0.05) is 23.5 Å². The van der Waals surface area contributed by atoms with Gasteiger partial charge in [0.25, 0.3) is 0 Å². The van der Waals surface area contributed by atoms with E-state index in [1.165, 1.54) is 12.1 Å². The van der Waals surface area contributed by atoms with E-state index in [1.807, 2.05) is 22.7 Å². The number of aromatic nitrogens is 3. The van der Waals surface area contributed by atoms with Gasteiger partial charge in [-0.2, -0.15) is 0 Å². The first kappa shape index (κ1) is 20.8. The minimum absolute atomic E-state index is 0. The van der Waals surface area contributed by atoms with E-state index in [1.54, 1.807) is 35.9 Å². The average Bonchev–Trinajstić information content (AvgIpc) is 3.24.